The number of amides is 1. The van der Waals surface area contributed by atoms with Crippen molar-refractivity contribution in [2.24, 2.45) is 5.92 Å². The highest BCUT2D eigenvalue weighted by Crippen LogP contribution is 2.34. The molecule has 28 heavy (non-hydrogen) atoms. The van der Waals surface area contributed by atoms with Crippen LogP contribution in [0.3, 0.4) is 0 Å². The van der Waals surface area contributed by atoms with Crippen molar-refractivity contribution < 1.29 is 32.2 Å². The molecule has 0 unspecified atom stereocenters. The molecule has 1 N–H and O–H groups in total. The van der Waals surface area contributed by atoms with Crippen molar-refractivity contribution in [3.05, 3.63) is 59.7 Å². The molecule has 2 rings (SSSR count). The first kappa shape index (κ1) is 21.3. The number of rotatable bonds is 7. The summed E-state index contributed by atoms with van der Waals surface area (Å²) in [5.41, 5.74) is -1.21. The number of alkyl halides is 3. The lowest BCUT2D eigenvalue weighted by Crippen LogP contribution is -2.22. The van der Waals surface area contributed by atoms with E-state index >= 15 is 0 Å². The molecule has 5 nitrogen and oxygen atoms in total. The van der Waals surface area contributed by atoms with Gasteiger partial charge in [-0.2, -0.15) is 13.2 Å². The largest absolute Gasteiger partial charge is 0.493 e. The zero-order valence-electron chi connectivity index (χ0n) is 15.4. The van der Waals surface area contributed by atoms with Crippen LogP contribution in [0.15, 0.2) is 48.5 Å². The number of carbonyl (C=O) groups excluding carboxylic acids is 2. The Morgan fingerprint density at radius 3 is 2.46 bits per heavy atom. The van der Waals surface area contributed by atoms with Crippen LogP contribution >= 0.6 is 0 Å². The molecule has 0 heterocycles. The SMILES string of the molecule is CC(C)COc1cccc(C(=O)OCC(=O)Nc2ccccc2C(F)(F)F)c1. The van der Waals surface area contributed by atoms with E-state index in [1.807, 2.05) is 13.8 Å². The molecular weight excluding hydrogens is 375 g/mol. The second-order valence-corrected chi connectivity index (χ2v) is 6.40. The molecule has 0 aliphatic rings. The Hall–Kier alpha value is -3.03. The minimum absolute atomic E-state index is 0.171. The van der Waals surface area contributed by atoms with Gasteiger partial charge in [-0.25, -0.2) is 4.79 Å². The van der Waals surface area contributed by atoms with E-state index < -0.39 is 35.9 Å². The topological polar surface area (TPSA) is 64.6 Å². The fraction of sp³-hybridized carbons (Fsp3) is 0.300. The highest BCUT2D eigenvalue weighted by molar-refractivity contribution is 5.96. The summed E-state index contributed by atoms with van der Waals surface area (Å²) in [4.78, 5) is 24.0. The molecule has 0 radical (unpaired) electrons. The number of hydrogen-bond donors (Lipinski definition) is 1. The van der Waals surface area contributed by atoms with E-state index in [-0.39, 0.29) is 5.56 Å². The maximum Gasteiger partial charge on any atom is 0.418 e. The van der Waals surface area contributed by atoms with Crippen LogP contribution in [0.25, 0.3) is 0 Å². The number of anilines is 1. The molecule has 0 aromatic heterocycles. The van der Waals surface area contributed by atoms with Crippen LogP contribution in [-0.2, 0) is 15.7 Å². The van der Waals surface area contributed by atoms with Crippen LogP contribution in [0.4, 0.5) is 18.9 Å². The zero-order valence-corrected chi connectivity index (χ0v) is 15.4. The number of hydrogen-bond acceptors (Lipinski definition) is 4. The van der Waals surface area contributed by atoms with Crippen molar-refractivity contribution in [1.82, 2.24) is 0 Å². The van der Waals surface area contributed by atoms with Crippen molar-refractivity contribution >= 4 is 17.6 Å². The third-order valence-corrected chi connectivity index (χ3v) is 3.49. The lowest BCUT2D eigenvalue weighted by molar-refractivity contribution is -0.137. The van der Waals surface area contributed by atoms with Gasteiger partial charge in [-0.05, 0) is 36.2 Å². The molecule has 2 aromatic rings. The predicted octanol–water partition coefficient (Wildman–Crippen LogP) is 4.54. The van der Waals surface area contributed by atoms with Crippen molar-refractivity contribution in [3.8, 4) is 5.75 Å². The average Bonchev–Trinajstić information content (AvgIpc) is 2.64. The Balaban J connectivity index is 1.95. The van der Waals surface area contributed by atoms with Crippen LogP contribution in [0.5, 0.6) is 5.75 Å². The van der Waals surface area contributed by atoms with Crippen LogP contribution in [0, 0.1) is 5.92 Å². The minimum Gasteiger partial charge on any atom is -0.493 e. The number of nitrogens with one attached hydrogen (secondary N) is 1. The Bertz CT molecular complexity index is 834. The van der Waals surface area contributed by atoms with E-state index in [4.69, 9.17) is 9.47 Å². The van der Waals surface area contributed by atoms with E-state index in [1.54, 1.807) is 12.1 Å². The molecule has 1 amide bonds. The van der Waals surface area contributed by atoms with Gasteiger partial charge in [0.15, 0.2) is 6.61 Å². The smallest absolute Gasteiger partial charge is 0.418 e. The fourth-order valence-electron chi connectivity index (χ4n) is 2.22. The maximum absolute atomic E-state index is 12.9. The average molecular weight is 395 g/mol. The Labute approximate surface area is 160 Å². The summed E-state index contributed by atoms with van der Waals surface area (Å²) in [7, 11) is 0. The van der Waals surface area contributed by atoms with Crippen molar-refractivity contribution in [3.63, 3.8) is 0 Å². The van der Waals surface area contributed by atoms with Gasteiger partial charge < -0.3 is 14.8 Å². The molecule has 0 bridgehead atoms. The van der Waals surface area contributed by atoms with E-state index in [0.717, 1.165) is 12.1 Å². The number of esters is 1. The second kappa shape index (κ2) is 9.25. The molecule has 0 atom stereocenters. The molecule has 150 valence electrons. The number of ether oxygens (including phenoxy) is 2. The van der Waals surface area contributed by atoms with Gasteiger partial charge in [0, 0.05) is 0 Å². The molecule has 0 saturated heterocycles. The van der Waals surface area contributed by atoms with E-state index in [1.165, 1.54) is 24.3 Å². The standard InChI is InChI=1S/C20H20F3NO4/c1-13(2)11-27-15-7-5-6-14(10-15)19(26)28-12-18(25)24-17-9-4-3-8-16(17)20(21,22)23/h3-10,13H,11-12H2,1-2H3,(H,24,25). The Morgan fingerprint density at radius 2 is 1.79 bits per heavy atom. The van der Waals surface area contributed by atoms with Crippen LogP contribution in [0.2, 0.25) is 0 Å². The van der Waals surface area contributed by atoms with Gasteiger partial charge in [0.05, 0.1) is 23.4 Å². The highest BCUT2D eigenvalue weighted by atomic mass is 19.4. The third kappa shape index (κ3) is 6.29. The van der Waals surface area contributed by atoms with Gasteiger partial charge in [-0.3, -0.25) is 4.79 Å². The Morgan fingerprint density at radius 1 is 1.07 bits per heavy atom. The van der Waals surface area contributed by atoms with Crippen LogP contribution < -0.4 is 10.1 Å². The molecule has 8 heteroatoms. The molecule has 0 saturated carbocycles. The summed E-state index contributed by atoms with van der Waals surface area (Å²) >= 11 is 0. The van der Waals surface area contributed by atoms with Gasteiger partial charge >= 0.3 is 12.1 Å². The highest BCUT2D eigenvalue weighted by Gasteiger charge is 2.33. The molecule has 0 aliphatic heterocycles. The van der Waals surface area contributed by atoms with Gasteiger partial charge in [-0.15, -0.1) is 0 Å². The van der Waals surface area contributed by atoms with Gasteiger partial charge in [-0.1, -0.05) is 32.0 Å². The summed E-state index contributed by atoms with van der Waals surface area (Å²) in [6.07, 6.45) is -4.61. The van der Waals surface area contributed by atoms with Gasteiger partial charge in [0.25, 0.3) is 5.91 Å². The summed E-state index contributed by atoms with van der Waals surface area (Å²) in [5.74, 6) is -0.878. The number of benzene rings is 2. The first-order valence-corrected chi connectivity index (χ1v) is 8.53. The summed E-state index contributed by atoms with van der Waals surface area (Å²) < 4.78 is 49.2. The van der Waals surface area contributed by atoms with Crippen molar-refractivity contribution in [2.45, 2.75) is 20.0 Å². The summed E-state index contributed by atoms with van der Waals surface area (Å²) in [5, 5.41) is 2.11. The predicted molar refractivity (Wildman–Crippen MR) is 97.1 cm³/mol. The van der Waals surface area contributed by atoms with E-state index in [9.17, 15) is 22.8 Å². The van der Waals surface area contributed by atoms with E-state index in [0.29, 0.717) is 18.3 Å². The lowest BCUT2D eigenvalue weighted by atomic mass is 10.1. The lowest BCUT2D eigenvalue weighted by Gasteiger charge is -2.13. The number of para-hydroxylation sites is 1. The minimum atomic E-state index is -4.61. The molecular formula is C20H20F3NO4. The monoisotopic (exact) mass is 395 g/mol. The summed E-state index contributed by atoms with van der Waals surface area (Å²) in [6, 6.07) is 10.8. The van der Waals surface area contributed by atoms with Crippen molar-refractivity contribution in [1.29, 1.82) is 0 Å². The number of carbonyl (C=O) groups is 2. The maximum atomic E-state index is 12.9. The Kier molecular flexibility index (Phi) is 7.03. The first-order valence-electron chi connectivity index (χ1n) is 8.53. The van der Waals surface area contributed by atoms with Gasteiger partial charge in [0.2, 0.25) is 0 Å². The number of halogens is 3. The van der Waals surface area contributed by atoms with Gasteiger partial charge in [0.1, 0.15) is 5.75 Å². The fourth-order valence-corrected chi connectivity index (χ4v) is 2.22. The van der Waals surface area contributed by atoms with Crippen LogP contribution in [0.1, 0.15) is 29.8 Å². The normalized spacial score (nSPS) is 11.2. The second-order valence-electron chi connectivity index (χ2n) is 6.40. The molecule has 0 spiro atoms. The third-order valence-electron chi connectivity index (χ3n) is 3.49. The van der Waals surface area contributed by atoms with Crippen LogP contribution in [-0.4, -0.2) is 25.1 Å². The molecule has 2 aromatic carbocycles. The zero-order chi connectivity index (χ0) is 20.7. The molecule has 0 aliphatic carbocycles. The van der Waals surface area contributed by atoms with E-state index in [2.05, 4.69) is 5.32 Å². The van der Waals surface area contributed by atoms with Crippen molar-refractivity contribution in [2.75, 3.05) is 18.5 Å². The summed E-state index contributed by atoms with van der Waals surface area (Å²) in [6.45, 7) is 3.71. The molecule has 0 fully saturated rings. The quantitative estimate of drug-likeness (QED) is 0.700. The first-order chi connectivity index (χ1) is 13.2.